The van der Waals surface area contributed by atoms with E-state index < -0.39 is 5.54 Å². The summed E-state index contributed by atoms with van der Waals surface area (Å²) in [5, 5.41) is 2.92. The Balaban J connectivity index is 2.12. The van der Waals surface area contributed by atoms with Crippen molar-refractivity contribution < 1.29 is 9.59 Å². The minimum Gasteiger partial charge on any atom is -0.340 e. The molecule has 1 aliphatic heterocycles. The van der Waals surface area contributed by atoms with Gasteiger partial charge in [0.2, 0.25) is 11.8 Å². The molecule has 1 saturated heterocycles. The minimum atomic E-state index is -0.669. The second-order valence-corrected chi connectivity index (χ2v) is 5.57. The Hall–Kier alpha value is -1.32. The SMILES string of the molecule is C=CCCCN1C(=O)C(C)(C2CC2)NC(=O)C1C. The number of carbonyl (C=O) groups is 2. The number of carbonyl (C=O) groups excluding carboxylic acids is 2. The first-order valence-electron chi connectivity index (χ1n) is 6.74. The zero-order valence-corrected chi connectivity index (χ0v) is 11.2. The summed E-state index contributed by atoms with van der Waals surface area (Å²) in [6, 6.07) is -0.353. The van der Waals surface area contributed by atoms with Gasteiger partial charge in [-0.2, -0.15) is 0 Å². The van der Waals surface area contributed by atoms with Crippen LogP contribution in [0.5, 0.6) is 0 Å². The van der Waals surface area contributed by atoms with Crippen molar-refractivity contribution in [3.05, 3.63) is 12.7 Å². The molecule has 1 heterocycles. The maximum absolute atomic E-state index is 12.6. The molecule has 1 N–H and O–H groups in total. The highest BCUT2D eigenvalue weighted by Crippen LogP contribution is 2.42. The van der Waals surface area contributed by atoms with Gasteiger partial charge in [-0.3, -0.25) is 9.59 Å². The molecule has 2 amide bonds. The third-order valence-electron chi connectivity index (χ3n) is 4.14. The maximum Gasteiger partial charge on any atom is 0.248 e. The number of unbranched alkanes of at least 4 members (excludes halogenated alkanes) is 1. The smallest absolute Gasteiger partial charge is 0.248 e. The van der Waals surface area contributed by atoms with Crippen LogP contribution in [0.2, 0.25) is 0 Å². The first kappa shape index (κ1) is 13.1. The number of rotatable bonds is 5. The number of hydrogen-bond acceptors (Lipinski definition) is 2. The highest BCUT2D eigenvalue weighted by Gasteiger charge is 2.54. The number of piperazine rings is 1. The van der Waals surface area contributed by atoms with E-state index in [0.29, 0.717) is 12.5 Å². The summed E-state index contributed by atoms with van der Waals surface area (Å²) in [5.41, 5.74) is -0.669. The molecule has 2 rings (SSSR count). The van der Waals surface area contributed by atoms with Crippen LogP contribution in [0.4, 0.5) is 0 Å². The summed E-state index contributed by atoms with van der Waals surface area (Å²) in [7, 11) is 0. The fourth-order valence-electron chi connectivity index (χ4n) is 2.67. The van der Waals surface area contributed by atoms with Crippen molar-refractivity contribution in [1.29, 1.82) is 0 Å². The average molecular weight is 250 g/mol. The van der Waals surface area contributed by atoms with E-state index in [9.17, 15) is 9.59 Å². The lowest BCUT2D eigenvalue weighted by Gasteiger charge is -2.43. The first-order chi connectivity index (χ1) is 8.50. The molecule has 1 saturated carbocycles. The van der Waals surface area contributed by atoms with Gasteiger partial charge in [0, 0.05) is 6.54 Å². The van der Waals surface area contributed by atoms with E-state index in [1.54, 1.807) is 11.8 Å². The van der Waals surface area contributed by atoms with E-state index >= 15 is 0 Å². The predicted molar refractivity (Wildman–Crippen MR) is 69.9 cm³/mol. The van der Waals surface area contributed by atoms with Crippen LogP contribution in [0, 0.1) is 5.92 Å². The molecular formula is C14H22N2O2. The Morgan fingerprint density at radius 2 is 2.17 bits per heavy atom. The molecule has 0 aromatic rings. The van der Waals surface area contributed by atoms with E-state index in [-0.39, 0.29) is 17.9 Å². The zero-order valence-electron chi connectivity index (χ0n) is 11.2. The molecular weight excluding hydrogens is 228 g/mol. The Bertz CT molecular complexity index is 376. The maximum atomic E-state index is 12.6. The summed E-state index contributed by atoms with van der Waals surface area (Å²) in [6.07, 6.45) is 5.67. The molecule has 18 heavy (non-hydrogen) atoms. The quantitative estimate of drug-likeness (QED) is 0.593. The van der Waals surface area contributed by atoms with Crippen molar-refractivity contribution in [1.82, 2.24) is 10.2 Å². The summed E-state index contributed by atoms with van der Waals surface area (Å²) in [4.78, 5) is 26.3. The van der Waals surface area contributed by atoms with E-state index in [0.717, 1.165) is 25.7 Å². The second kappa shape index (κ2) is 4.75. The van der Waals surface area contributed by atoms with Crippen LogP contribution in [-0.4, -0.2) is 34.8 Å². The minimum absolute atomic E-state index is 0.0254. The number of nitrogens with zero attached hydrogens (tertiary/aromatic N) is 1. The Morgan fingerprint density at radius 3 is 2.72 bits per heavy atom. The predicted octanol–water partition coefficient (Wildman–Crippen LogP) is 1.47. The summed E-state index contributed by atoms with van der Waals surface area (Å²) >= 11 is 0. The standard InChI is InChI=1S/C14H22N2O2/c1-4-5-6-9-16-10(2)12(17)15-14(3,13(16)18)11-7-8-11/h4,10-11H,1,5-9H2,2-3H3,(H,15,17). The van der Waals surface area contributed by atoms with Crippen LogP contribution in [0.1, 0.15) is 39.5 Å². The number of nitrogens with one attached hydrogen (secondary N) is 1. The van der Waals surface area contributed by atoms with Gasteiger partial charge in [-0.15, -0.1) is 6.58 Å². The van der Waals surface area contributed by atoms with Gasteiger partial charge in [-0.1, -0.05) is 6.08 Å². The molecule has 0 aromatic heterocycles. The van der Waals surface area contributed by atoms with Crippen LogP contribution in [0.3, 0.4) is 0 Å². The molecule has 4 nitrogen and oxygen atoms in total. The molecule has 1 aliphatic carbocycles. The molecule has 0 radical (unpaired) electrons. The van der Waals surface area contributed by atoms with Gasteiger partial charge in [-0.05, 0) is 45.4 Å². The van der Waals surface area contributed by atoms with Gasteiger partial charge in [0.15, 0.2) is 0 Å². The van der Waals surface area contributed by atoms with Gasteiger partial charge < -0.3 is 10.2 Å². The van der Waals surface area contributed by atoms with Crippen molar-refractivity contribution in [2.75, 3.05) is 6.54 Å². The van der Waals surface area contributed by atoms with Crippen LogP contribution in [-0.2, 0) is 9.59 Å². The molecule has 0 spiro atoms. The van der Waals surface area contributed by atoms with Crippen molar-refractivity contribution in [2.24, 2.45) is 5.92 Å². The molecule has 2 aliphatic rings. The Morgan fingerprint density at radius 1 is 1.50 bits per heavy atom. The van der Waals surface area contributed by atoms with Crippen molar-refractivity contribution in [2.45, 2.75) is 51.1 Å². The highest BCUT2D eigenvalue weighted by molar-refractivity contribution is 5.99. The van der Waals surface area contributed by atoms with E-state index in [4.69, 9.17) is 0 Å². The van der Waals surface area contributed by atoms with Crippen LogP contribution in [0.15, 0.2) is 12.7 Å². The highest BCUT2D eigenvalue weighted by atomic mass is 16.2. The van der Waals surface area contributed by atoms with E-state index in [2.05, 4.69) is 11.9 Å². The van der Waals surface area contributed by atoms with Crippen molar-refractivity contribution in [3.63, 3.8) is 0 Å². The third-order valence-corrected chi connectivity index (χ3v) is 4.14. The third kappa shape index (κ3) is 2.16. The summed E-state index contributed by atoms with van der Waals surface area (Å²) in [6.45, 7) is 7.99. The number of allylic oxidation sites excluding steroid dienone is 1. The fourth-order valence-corrected chi connectivity index (χ4v) is 2.67. The van der Waals surface area contributed by atoms with Crippen LogP contribution >= 0.6 is 0 Å². The molecule has 100 valence electrons. The summed E-state index contributed by atoms with van der Waals surface area (Å²) < 4.78 is 0. The normalized spacial score (nSPS) is 32.3. The number of hydrogen-bond donors (Lipinski definition) is 1. The average Bonchev–Trinajstić information content (AvgIpc) is 3.15. The largest absolute Gasteiger partial charge is 0.340 e. The molecule has 0 aromatic carbocycles. The van der Waals surface area contributed by atoms with Crippen molar-refractivity contribution in [3.8, 4) is 0 Å². The monoisotopic (exact) mass is 250 g/mol. The Kier molecular flexibility index (Phi) is 3.46. The number of amides is 2. The zero-order chi connectivity index (χ0) is 13.3. The first-order valence-corrected chi connectivity index (χ1v) is 6.74. The molecule has 2 fully saturated rings. The summed E-state index contributed by atoms with van der Waals surface area (Å²) in [5.74, 6) is 0.382. The van der Waals surface area contributed by atoms with Crippen LogP contribution < -0.4 is 5.32 Å². The molecule has 4 heteroatoms. The lowest BCUT2D eigenvalue weighted by Crippen LogP contribution is -2.69. The van der Waals surface area contributed by atoms with Crippen LogP contribution in [0.25, 0.3) is 0 Å². The molecule has 0 bridgehead atoms. The van der Waals surface area contributed by atoms with E-state index in [1.807, 2.05) is 13.0 Å². The van der Waals surface area contributed by atoms with Gasteiger partial charge >= 0.3 is 0 Å². The van der Waals surface area contributed by atoms with E-state index in [1.165, 1.54) is 0 Å². The van der Waals surface area contributed by atoms with Gasteiger partial charge in [0.1, 0.15) is 11.6 Å². The van der Waals surface area contributed by atoms with Crippen molar-refractivity contribution >= 4 is 11.8 Å². The molecule has 2 atom stereocenters. The molecule has 2 unspecified atom stereocenters. The van der Waals surface area contributed by atoms with Gasteiger partial charge in [0.05, 0.1) is 0 Å². The lowest BCUT2D eigenvalue weighted by atomic mass is 9.89. The fraction of sp³-hybridized carbons (Fsp3) is 0.714. The van der Waals surface area contributed by atoms with Gasteiger partial charge in [0.25, 0.3) is 0 Å². The topological polar surface area (TPSA) is 49.4 Å². The Labute approximate surface area is 108 Å². The van der Waals surface area contributed by atoms with Gasteiger partial charge in [-0.25, -0.2) is 0 Å². The second-order valence-electron chi connectivity index (χ2n) is 5.57. The lowest BCUT2D eigenvalue weighted by molar-refractivity contribution is -0.154.